The molecule has 0 radical (unpaired) electrons. The Hall–Kier alpha value is -2.11. The van der Waals surface area contributed by atoms with Gasteiger partial charge in [-0.25, -0.2) is 0 Å². The van der Waals surface area contributed by atoms with Crippen LogP contribution in [0.5, 0.6) is 11.5 Å². The van der Waals surface area contributed by atoms with Gasteiger partial charge in [-0.15, -0.1) is 0 Å². The van der Waals surface area contributed by atoms with Gasteiger partial charge in [-0.05, 0) is 54.7 Å². The Labute approximate surface area is 155 Å². The summed E-state index contributed by atoms with van der Waals surface area (Å²) in [6.45, 7) is 4.06. The van der Waals surface area contributed by atoms with Gasteiger partial charge in [-0.3, -0.25) is 9.88 Å². The molecule has 0 bridgehead atoms. The van der Waals surface area contributed by atoms with Crippen molar-refractivity contribution < 1.29 is 9.47 Å². The Balaban J connectivity index is 1.63. The normalized spacial score (nSPS) is 25.3. The Morgan fingerprint density at radius 3 is 2.62 bits per heavy atom. The summed E-state index contributed by atoms with van der Waals surface area (Å²) in [5, 5.41) is 0. The van der Waals surface area contributed by atoms with Crippen molar-refractivity contribution in [3.63, 3.8) is 0 Å². The van der Waals surface area contributed by atoms with Gasteiger partial charge in [0.05, 0.1) is 14.2 Å². The second-order valence-electron chi connectivity index (χ2n) is 7.43. The molecule has 1 aromatic carbocycles. The monoisotopic (exact) mass is 353 g/mol. The summed E-state index contributed by atoms with van der Waals surface area (Å²) in [5.74, 6) is 1.89. The largest absolute Gasteiger partial charge is 0.493 e. The SMILES string of the molecule is COc1cc2c(cc1OC)C1CC(N)C(c3ccc(C)cn3)CN1CC2. The molecule has 26 heavy (non-hydrogen) atoms. The highest BCUT2D eigenvalue weighted by Crippen LogP contribution is 2.43. The molecule has 4 rings (SSSR count). The van der Waals surface area contributed by atoms with Crippen LogP contribution in [0.25, 0.3) is 0 Å². The quantitative estimate of drug-likeness (QED) is 0.919. The van der Waals surface area contributed by atoms with E-state index in [1.165, 1.54) is 16.7 Å². The topological polar surface area (TPSA) is 60.6 Å². The zero-order valence-corrected chi connectivity index (χ0v) is 15.7. The predicted octanol–water partition coefficient (Wildman–Crippen LogP) is 2.82. The van der Waals surface area contributed by atoms with Gasteiger partial charge >= 0.3 is 0 Å². The number of aryl methyl sites for hydroxylation is 1. The lowest BCUT2D eigenvalue weighted by atomic mass is 9.79. The third kappa shape index (κ3) is 2.95. The van der Waals surface area contributed by atoms with Crippen LogP contribution >= 0.6 is 0 Å². The Kier molecular flexibility index (Phi) is 4.59. The Morgan fingerprint density at radius 1 is 1.15 bits per heavy atom. The van der Waals surface area contributed by atoms with Crippen LogP contribution < -0.4 is 15.2 Å². The highest BCUT2D eigenvalue weighted by atomic mass is 16.5. The van der Waals surface area contributed by atoms with Crippen molar-refractivity contribution in [2.24, 2.45) is 5.73 Å². The second kappa shape index (κ2) is 6.89. The second-order valence-corrected chi connectivity index (χ2v) is 7.43. The molecule has 1 fully saturated rings. The van der Waals surface area contributed by atoms with E-state index in [1.54, 1.807) is 14.2 Å². The van der Waals surface area contributed by atoms with Crippen LogP contribution in [0.1, 0.15) is 40.8 Å². The lowest BCUT2D eigenvalue weighted by Crippen LogP contribution is -2.50. The molecule has 3 atom stereocenters. The summed E-state index contributed by atoms with van der Waals surface area (Å²) in [6, 6.07) is 8.98. The van der Waals surface area contributed by atoms with E-state index in [-0.39, 0.29) is 12.0 Å². The number of hydrogen-bond acceptors (Lipinski definition) is 5. The maximum absolute atomic E-state index is 6.62. The number of hydrogen-bond donors (Lipinski definition) is 1. The van der Waals surface area contributed by atoms with Crippen molar-refractivity contribution >= 4 is 0 Å². The maximum Gasteiger partial charge on any atom is 0.161 e. The molecule has 0 spiro atoms. The third-order valence-corrected chi connectivity index (χ3v) is 5.87. The van der Waals surface area contributed by atoms with Gasteiger partial charge in [0.1, 0.15) is 0 Å². The van der Waals surface area contributed by atoms with Gasteiger partial charge in [0.25, 0.3) is 0 Å². The summed E-state index contributed by atoms with van der Waals surface area (Å²) >= 11 is 0. The number of ether oxygens (including phenoxy) is 2. The van der Waals surface area contributed by atoms with E-state index in [2.05, 4.69) is 41.1 Å². The number of rotatable bonds is 3. The molecule has 3 heterocycles. The fraction of sp³-hybridized carbons (Fsp3) is 0.476. The molecular weight excluding hydrogens is 326 g/mol. The van der Waals surface area contributed by atoms with E-state index in [9.17, 15) is 0 Å². The summed E-state index contributed by atoms with van der Waals surface area (Å²) in [6.07, 6.45) is 3.90. The van der Waals surface area contributed by atoms with Gasteiger partial charge < -0.3 is 15.2 Å². The number of pyridine rings is 1. The van der Waals surface area contributed by atoms with Crippen LogP contribution in [-0.2, 0) is 6.42 Å². The molecule has 3 unspecified atom stereocenters. The zero-order valence-electron chi connectivity index (χ0n) is 15.7. The molecule has 2 aromatic rings. The third-order valence-electron chi connectivity index (χ3n) is 5.87. The molecule has 5 heteroatoms. The summed E-state index contributed by atoms with van der Waals surface area (Å²) in [4.78, 5) is 7.20. The average Bonchev–Trinajstić information content (AvgIpc) is 2.67. The van der Waals surface area contributed by atoms with Crippen LogP contribution in [-0.4, -0.2) is 43.2 Å². The van der Waals surface area contributed by atoms with Crippen molar-refractivity contribution in [2.75, 3.05) is 27.3 Å². The summed E-state index contributed by atoms with van der Waals surface area (Å²) < 4.78 is 11.0. The van der Waals surface area contributed by atoms with Gasteiger partial charge in [-0.1, -0.05) is 6.07 Å². The smallest absolute Gasteiger partial charge is 0.161 e. The van der Waals surface area contributed by atoms with Crippen molar-refractivity contribution in [3.05, 3.63) is 52.8 Å². The van der Waals surface area contributed by atoms with E-state index in [0.29, 0.717) is 6.04 Å². The van der Waals surface area contributed by atoms with Gasteiger partial charge in [-0.2, -0.15) is 0 Å². The Morgan fingerprint density at radius 2 is 1.92 bits per heavy atom. The first kappa shape index (κ1) is 17.3. The fourth-order valence-electron chi connectivity index (χ4n) is 4.40. The highest BCUT2D eigenvalue weighted by Gasteiger charge is 2.39. The van der Waals surface area contributed by atoms with Crippen molar-refractivity contribution in [1.29, 1.82) is 0 Å². The average molecular weight is 353 g/mol. The molecule has 2 N–H and O–H groups in total. The van der Waals surface area contributed by atoms with Crippen molar-refractivity contribution in [2.45, 2.75) is 37.8 Å². The number of fused-ring (bicyclic) bond motifs is 3. The summed E-state index contributed by atoms with van der Waals surface area (Å²) in [7, 11) is 3.38. The lowest BCUT2D eigenvalue weighted by molar-refractivity contribution is 0.108. The number of aromatic nitrogens is 1. The van der Waals surface area contributed by atoms with Crippen molar-refractivity contribution in [3.8, 4) is 11.5 Å². The minimum absolute atomic E-state index is 0.102. The standard InChI is InChI=1S/C21H27N3O2/c1-13-4-5-18(23-11-13)16-12-24-7-6-14-8-20(25-2)21(26-3)9-15(14)19(24)10-17(16)22/h4-5,8-9,11,16-17,19H,6-7,10,12,22H2,1-3H3. The number of nitrogens with zero attached hydrogens (tertiary/aromatic N) is 2. The van der Waals surface area contributed by atoms with E-state index in [4.69, 9.17) is 15.2 Å². The van der Waals surface area contributed by atoms with Crippen molar-refractivity contribution in [1.82, 2.24) is 9.88 Å². The van der Waals surface area contributed by atoms with E-state index in [0.717, 1.165) is 43.1 Å². The lowest BCUT2D eigenvalue weighted by Gasteiger charge is -2.46. The molecule has 2 aliphatic rings. The van der Waals surface area contributed by atoms with E-state index < -0.39 is 0 Å². The molecule has 2 aliphatic heterocycles. The van der Waals surface area contributed by atoms with Gasteiger partial charge in [0, 0.05) is 43.0 Å². The summed E-state index contributed by atoms with van der Waals surface area (Å²) in [5.41, 5.74) is 11.6. The van der Waals surface area contributed by atoms with Crippen LogP contribution in [0.3, 0.4) is 0 Å². The van der Waals surface area contributed by atoms with E-state index in [1.807, 2.05) is 6.20 Å². The first-order chi connectivity index (χ1) is 12.6. The molecular formula is C21H27N3O2. The molecule has 5 nitrogen and oxygen atoms in total. The number of piperidine rings is 1. The first-order valence-electron chi connectivity index (χ1n) is 9.27. The number of benzene rings is 1. The Bertz CT molecular complexity index is 791. The van der Waals surface area contributed by atoms with Crippen LogP contribution in [0.4, 0.5) is 0 Å². The molecule has 0 amide bonds. The number of nitrogens with two attached hydrogens (primary N) is 1. The minimum Gasteiger partial charge on any atom is -0.493 e. The van der Waals surface area contributed by atoms with Gasteiger partial charge in [0.2, 0.25) is 0 Å². The minimum atomic E-state index is 0.102. The molecule has 1 saturated heterocycles. The molecule has 138 valence electrons. The van der Waals surface area contributed by atoms with Gasteiger partial charge in [0.15, 0.2) is 11.5 Å². The predicted molar refractivity (Wildman–Crippen MR) is 102 cm³/mol. The molecule has 0 aliphatic carbocycles. The zero-order chi connectivity index (χ0) is 18.3. The number of methoxy groups -OCH3 is 2. The van der Waals surface area contributed by atoms with E-state index >= 15 is 0 Å². The fourth-order valence-corrected chi connectivity index (χ4v) is 4.40. The molecule has 0 saturated carbocycles. The molecule has 1 aromatic heterocycles. The van der Waals surface area contributed by atoms with Crippen LogP contribution in [0.15, 0.2) is 30.5 Å². The van der Waals surface area contributed by atoms with Crippen LogP contribution in [0, 0.1) is 6.92 Å². The highest BCUT2D eigenvalue weighted by molar-refractivity contribution is 5.49. The van der Waals surface area contributed by atoms with Crippen LogP contribution in [0.2, 0.25) is 0 Å². The first-order valence-corrected chi connectivity index (χ1v) is 9.27. The maximum atomic E-state index is 6.62.